The highest BCUT2D eigenvalue weighted by atomic mass is 32.2. The highest BCUT2D eigenvalue weighted by Crippen LogP contribution is 2.28. The van der Waals surface area contributed by atoms with Gasteiger partial charge in [-0.15, -0.1) is 0 Å². The van der Waals surface area contributed by atoms with Crippen LogP contribution in [0.2, 0.25) is 0 Å². The number of carbonyl (C=O) groups is 1. The number of ether oxygens (including phenoxy) is 1. The largest absolute Gasteiger partial charge is 0.465 e. The quantitative estimate of drug-likeness (QED) is 0.814. The molecule has 0 unspecified atom stereocenters. The fourth-order valence-electron chi connectivity index (χ4n) is 1.61. The lowest BCUT2D eigenvalue weighted by atomic mass is 10.2. The lowest BCUT2D eigenvalue weighted by Crippen LogP contribution is -2.27. The van der Waals surface area contributed by atoms with Gasteiger partial charge in [-0.2, -0.15) is 0 Å². The van der Waals surface area contributed by atoms with Crippen LogP contribution in [0.1, 0.15) is 23.2 Å². The Labute approximate surface area is 106 Å². The number of benzene rings is 1. The Hall–Kier alpha value is -1.40. The maximum Gasteiger partial charge on any atom is 0.339 e. The summed E-state index contributed by atoms with van der Waals surface area (Å²) in [5.41, 5.74) is 0.0586. The lowest BCUT2D eigenvalue weighted by molar-refractivity contribution is 0.0596. The molecule has 0 aliphatic heterocycles. The molecular weight excluding hydrogens is 254 g/mol. The molecule has 1 fully saturated rings. The molecule has 18 heavy (non-hydrogen) atoms. The van der Waals surface area contributed by atoms with Crippen LogP contribution in [0.3, 0.4) is 0 Å². The predicted molar refractivity (Wildman–Crippen MR) is 65.7 cm³/mol. The third-order valence-electron chi connectivity index (χ3n) is 2.84. The Morgan fingerprint density at radius 1 is 1.39 bits per heavy atom. The summed E-state index contributed by atoms with van der Waals surface area (Å²) in [5, 5.41) is 0. The summed E-state index contributed by atoms with van der Waals surface area (Å²) < 4.78 is 31.3. The van der Waals surface area contributed by atoms with Gasteiger partial charge in [0, 0.05) is 6.54 Å². The van der Waals surface area contributed by atoms with Crippen LogP contribution in [-0.4, -0.2) is 28.0 Å². The van der Waals surface area contributed by atoms with Crippen LogP contribution in [0.25, 0.3) is 0 Å². The van der Waals surface area contributed by atoms with Gasteiger partial charge >= 0.3 is 5.97 Å². The van der Waals surface area contributed by atoms with Crippen LogP contribution in [-0.2, 0) is 14.8 Å². The maximum absolute atomic E-state index is 12.1. The number of rotatable bonds is 5. The van der Waals surface area contributed by atoms with Gasteiger partial charge in [-0.3, -0.25) is 0 Å². The molecule has 0 aromatic heterocycles. The second-order valence-electron chi connectivity index (χ2n) is 4.28. The minimum atomic E-state index is -3.65. The lowest BCUT2D eigenvalue weighted by Gasteiger charge is -2.09. The zero-order valence-electron chi connectivity index (χ0n) is 10.0. The zero-order chi connectivity index (χ0) is 13.2. The third kappa shape index (κ3) is 2.88. The van der Waals surface area contributed by atoms with Gasteiger partial charge in [0.2, 0.25) is 10.0 Å². The number of hydrogen-bond acceptors (Lipinski definition) is 4. The number of sulfonamides is 1. The summed E-state index contributed by atoms with van der Waals surface area (Å²) >= 11 is 0. The molecular formula is C12H15NO4S. The number of nitrogens with one attached hydrogen (secondary N) is 1. The molecule has 0 atom stereocenters. The van der Waals surface area contributed by atoms with E-state index in [0.29, 0.717) is 12.5 Å². The summed E-state index contributed by atoms with van der Waals surface area (Å²) in [6.07, 6.45) is 2.11. The van der Waals surface area contributed by atoms with Crippen molar-refractivity contribution in [1.29, 1.82) is 0 Å². The second-order valence-corrected chi connectivity index (χ2v) is 6.02. The number of esters is 1. The van der Waals surface area contributed by atoms with Gasteiger partial charge in [0.05, 0.1) is 17.6 Å². The van der Waals surface area contributed by atoms with E-state index < -0.39 is 16.0 Å². The zero-order valence-corrected chi connectivity index (χ0v) is 10.9. The molecule has 1 aromatic rings. The first-order valence-corrected chi connectivity index (χ1v) is 7.20. The third-order valence-corrected chi connectivity index (χ3v) is 4.32. The summed E-state index contributed by atoms with van der Waals surface area (Å²) in [7, 11) is -2.43. The molecule has 2 rings (SSSR count). The van der Waals surface area contributed by atoms with E-state index in [1.54, 1.807) is 12.1 Å². The SMILES string of the molecule is COC(=O)c1ccccc1S(=O)(=O)NCC1CC1. The highest BCUT2D eigenvalue weighted by Gasteiger charge is 2.26. The van der Waals surface area contributed by atoms with Crippen molar-refractivity contribution in [2.75, 3.05) is 13.7 Å². The Bertz CT molecular complexity index is 549. The van der Waals surface area contributed by atoms with Crippen molar-refractivity contribution in [3.63, 3.8) is 0 Å². The van der Waals surface area contributed by atoms with E-state index in [1.165, 1.54) is 19.2 Å². The van der Waals surface area contributed by atoms with Crippen LogP contribution in [0.5, 0.6) is 0 Å². The normalized spacial score (nSPS) is 15.4. The second kappa shape index (κ2) is 5.07. The summed E-state index contributed by atoms with van der Waals surface area (Å²) in [6, 6.07) is 6.03. The molecule has 5 nitrogen and oxygen atoms in total. The van der Waals surface area contributed by atoms with Gasteiger partial charge in [-0.25, -0.2) is 17.9 Å². The van der Waals surface area contributed by atoms with Crippen molar-refractivity contribution in [1.82, 2.24) is 4.72 Å². The van der Waals surface area contributed by atoms with Crippen molar-refractivity contribution in [2.24, 2.45) is 5.92 Å². The first kappa shape index (κ1) is 13.0. The Morgan fingerprint density at radius 3 is 2.67 bits per heavy atom. The smallest absolute Gasteiger partial charge is 0.339 e. The molecule has 98 valence electrons. The van der Waals surface area contributed by atoms with Crippen molar-refractivity contribution in [2.45, 2.75) is 17.7 Å². The number of hydrogen-bond donors (Lipinski definition) is 1. The minimum Gasteiger partial charge on any atom is -0.465 e. The van der Waals surface area contributed by atoms with Crippen LogP contribution in [0, 0.1) is 5.92 Å². The Kier molecular flexibility index (Phi) is 3.68. The van der Waals surface area contributed by atoms with Crippen LogP contribution in [0.4, 0.5) is 0 Å². The van der Waals surface area contributed by atoms with Crippen LogP contribution in [0.15, 0.2) is 29.2 Å². The molecule has 0 bridgehead atoms. The molecule has 0 amide bonds. The van der Waals surface area contributed by atoms with E-state index in [0.717, 1.165) is 12.8 Å². The highest BCUT2D eigenvalue weighted by molar-refractivity contribution is 7.89. The first-order chi connectivity index (χ1) is 8.54. The standard InChI is InChI=1S/C12H15NO4S/c1-17-12(14)10-4-2-3-5-11(10)18(15,16)13-8-9-6-7-9/h2-5,9,13H,6-8H2,1H3. The van der Waals surface area contributed by atoms with Gasteiger partial charge in [0.15, 0.2) is 0 Å². The van der Waals surface area contributed by atoms with Gasteiger partial charge in [-0.05, 0) is 30.9 Å². The van der Waals surface area contributed by atoms with Crippen LogP contribution < -0.4 is 4.72 Å². The van der Waals surface area contributed by atoms with Gasteiger partial charge in [0.25, 0.3) is 0 Å². The molecule has 6 heteroatoms. The molecule has 1 aliphatic carbocycles. The number of methoxy groups -OCH3 is 1. The van der Waals surface area contributed by atoms with Crippen molar-refractivity contribution < 1.29 is 17.9 Å². The maximum atomic E-state index is 12.1. The summed E-state index contributed by atoms with van der Waals surface area (Å²) in [5.74, 6) is -0.215. The number of carbonyl (C=O) groups excluding carboxylic acids is 1. The predicted octanol–water partition coefficient (Wildman–Crippen LogP) is 1.16. The van der Waals surface area contributed by atoms with E-state index in [2.05, 4.69) is 9.46 Å². The average Bonchev–Trinajstić information content (AvgIpc) is 3.19. The fraction of sp³-hybridized carbons (Fsp3) is 0.417. The molecule has 0 saturated heterocycles. The Balaban J connectivity index is 2.27. The average molecular weight is 269 g/mol. The molecule has 1 N–H and O–H groups in total. The van der Waals surface area contributed by atoms with Gasteiger partial charge in [0.1, 0.15) is 0 Å². The van der Waals surface area contributed by atoms with Crippen molar-refractivity contribution >= 4 is 16.0 Å². The first-order valence-electron chi connectivity index (χ1n) is 5.71. The van der Waals surface area contributed by atoms with Crippen molar-refractivity contribution in [3.8, 4) is 0 Å². The molecule has 0 heterocycles. The molecule has 1 aliphatic rings. The minimum absolute atomic E-state index is 0.0301. The molecule has 1 saturated carbocycles. The van der Waals surface area contributed by atoms with Crippen LogP contribution >= 0.6 is 0 Å². The fourth-order valence-corrected chi connectivity index (χ4v) is 2.92. The summed E-state index contributed by atoms with van der Waals surface area (Å²) in [6.45, 7) is 0.428. The van der Waals surface area contributed by atoms with Gasteiger partial charge in [-0.1, -0.05) is 12.1 Å². The van der Waals surface area contributed by atoms with Gasteiger partial charge < -0.3 is 4.74 Å². The monoisotopic (exact) mass is 269 g/mol. The Morgan fingerprint density at radius 2 is 2.06 bits per heavy atom. The molecule has 1 aromatic carbocycles. The van der Waals surface area contributed by atoms with E-state index in [1.807, 2.05) is 0 Å². The van der Waals surface area contributed by atoms with E-state index in [4.69, 9.17) is 0 Å². The van der Waals surface area contributed by atoms with Crippen molar-refractivity contribution in [3.05, 3.63) is 29.8 Å². The molecule has 0 spiro atoms. The molecule has 0 radical (unpaired) electrons. The van der Waals surface area contributed by atoms with E-state index in [9.17, 15) is 13.2 Å². The summed E-state index contributed by atoms with van der Waals surface area (Å²) in [4.78, 5) is 11.5. The van der Waals surface area contributed by atoms with E-state index in [-0.39, 0.29) is 10.5 Å². The topological polar surface area (TPSA) is 72.5 Å². The van der Waals surface area contributed by atoms with E-state index >= 15 is 0 Å².